The Morgan fingerprint density at radius 3 is 2.55 bits per heavy atom. The van der Waals surface area contributed by atoms with Crippen molar-refractivity contribution < 1.29 is 14.5 Å². The fraction of sp³-hybridized carbons (Fsp3) is 0.267. The number of carbonyl (C=O) groups excluding carboxylic acids is 1. The van der Waals surface area contributed by atoms with Crippen molar-refractivity contribution in [2.75, 3.05) is 6.61 Å². The molecule has 0 fully saturated rings. The van der Waals surface area contributed by atoms with Crippen LogP contribution in [0.3, 0.4) is 0 Å². The van der Waals surface area contributed by atoms with Crippen molar-refractivity contribution in [1.82, 2.24) is 4.57 Å². The average Bonchev–Trinajstić information content (AvgIpc) is 2.73. The van der Waals surface area contributed by atoms with E-state index in [-0.39, 0.29) is 28.8 Å². The van der Waals surface area contributed by atoms with E-state index in [1.54, 1.807) is 6.07 Å². The Morgan fingerprint density at radius 1 is 1.36 bits per heavy atom. The molecule has 0 atom stereocenters. The molecule has 116 valence electrons. The Hall–Kier alpha value is -2.34. The van der Waals surface area contributed by atoms with Crippen molar-refractivity contribution in [3.63, 3.8) is 0 Å². The van der Waals surface area contributed by atoms with Crippen molar-refractivity contribution in [2.24, 2.45) is 7.05 Å². The number of Topliss-reactive ketones (excluding diaryl/α,β-unsaturated/α-hetero) is 1. The first-order valence-electron chi connectivity index (χ1n) is 6.54. The lowest BCUT2D eigenvalue weighted by molar-refractivity contribution is -0.384. The van der Waals surface area contributed by atoms with E-state index in [0.29, 0.717) is 5.56 Å². The minimum absolute atomic E-state index is 0.1000. The number of aryl methyl sites for hydroxylation is 1. The number of nitro benzene ring substituents is 1. The smallest absolute Gasteiger partial charge is 0.271 e. The number of nitrogens with zero attached hydrogens (tertiary/aromatic N) is 2. The maximum Gasteiger partial charge on any atom is 0.271 e. The summed E-state index contributed by atoms with van der Waals surface area (Å²) in [7, 11) is 1.88. The molecule has 1 aromatic carbocycles. The molecule has 6 nitrogen and oxygen atoms in total. The molecule has 0 N–H and O–H groups in total. The van der Waals surface area contributed by atoms with Crippen LogP contribution in [0.15, 0.2) is 24.3 Å². The molecule has 1 heterocycles. The van der Waals surface area contributed by atoms with E-state index in [9.17, 15) is 14.9 Å². The van der Waals surface area contributed by atoms with Gasteiger partial charge >= 0.3 is 0 Å². The molecule has 0 saturated heterocycles. The van der Waals surface area contributed by atoms with E-state index >= 15 is 0 Å². The summed E-state index contributed by atoms with van der Waals surface area (Å²) in [5, 5.41) is 10.7. The fourth-order valence-electron chi connectivity index (χ4n) is 2.08. The molecule has 0 aliphatic rings. The van der Waals surface area contributed by atoms with E-state index in [1.807, 2.05) is 25.5 Å². The number of ketones is 1. The minimum atomic E-state index is -0.545. The van der Waals surface area contributed by atoms with Gasteiger partial charge in [-0.3, -0.25) is 14.9 Å². The van der Waals surface area contributed by atoms with Gasteiger partial charge in [0.1, 0.15) is 5.75 Å². The summed E-state index contributed by atoms with van der Waals surface area (Å²) in [6.07, 6.45) is 0. The van der Waals surface area contributed by atoms with Crippen molar-refractivity contribution in [3.8, 4) is 5.75 Å². The number of ether oxygens (including phenoxy) is 1. The maximum absolute atomic E-state index is 12.2. The molecule has 2 aromatic rings. The SMILES string of the molecule is Cc1cc(C(=O)COc2ccc([N+](=O)[O-])cc2Cl)c(C)n1C. The maximum atomic E-state index is 12.2. The Morgan fingerprint density at radius 2 is 2.05 bits per heavy atom. The lowest BCUT2D eigenvalue weighted by Gasteiger charge is -2.07. The number of nitro groups is 1. The lowest BCUT2D eigenvalue weighted by Crippen LogP contribution is -2.12. The predicted octanol–water partition coefficient (Wildman–Crippen LogP) is 3.47. The standard InChI is InChI=1S/C15H15ClN2O4/c1-9-6-12(10(2)17(9)3)14(19)8-22-15-5-4-11(18(20)21)7-13(15)16/h4-7H,8H2,1-3H3. The number of aromatic nitrogens is 1. The molecule has 0 amide bonds. The molecule has 0 spiro atoms. The van der Waals surface area contributed by atoms with Crippen LogP contribution in [0.4, 0.5) is 5.69 Å². The minimum Gasteiger partial charge on any atom is -0.484 e. The van der Waals surface area contributed by atoms with Crippen LogP contribution in [-0.4, -0.2) is 21.9 Å². The van der Waals surface area contributed by atoms with Gasteiger partial charge < -0.3 is 9.30 Å². The highest BCUT2D eigenvalue weighted by Gasteiger charge is 2.16. The summed E-state index contributed by atoms with van der Waals surface area (Å²) in [5.41, 5.74) is 2.31. The molecular formula is C15H15ClN2O4. The highest BCUT2D eigenvalue weighted by atomic mass is 35.5. The van der Waals surface area contributed by atoms with Crippen LogP contribution in [0.1, 0.15) is 21.7 Å². The van der Waals surface area contributed by atoms with Gasteiger partial charge in [0.05, 0.1) is 9.95 Å². The van der Waals surface area contributed by atoms with Crippen LogP contribution in [0.5, 0.6) is 5.75 Å². The second kappa shape index (κ2) is 6.19. The lowest BCUT2D eigenvalue weighted by atomic mass is 10.1. The van der Waals surface area contributed by atoms with E-state index < -0.39 is 4.92 Å². The molecule has 7 heteroatoms. The van der Waals surface area contributed by atoms with Gasteiger partial charge in [0.15, 0.2) is 6.61 Å². The van der Waals surface area contributed by atoms with Gasteiger partial charge in [-0.2, -0.15) is 0 Å². The van der Waals surface area contributed by atoms with Gasteiger partial charge in [-0.15, -0.1) is 0 Å². The third-order valence-electron chi connectivity index (χ3n) is 3.56. The van der Waals surface area contributed by atoms with E-state index in [4.69, 9.17) is 16.3 Å². The zero-order valence-electron chi connectivity index (χ0n) is 12.4. The summed E-state index contributed by atoms with van der Waals surface area (Å²) in [6.45, 7) is 3.60. The number of hydrogen-bond acceptors (Lipinski definition) is 4. The predicted molar refractivity (Wildman–Crippen MR) is 82.8 cm³/mol. The Labute approximate surface area is 132 Å². The van der Waals surface area contributed by atoms with E-state index in [0.717, 1.165) is 11.4 Å². The van der Waals surface area contributed by atoms with Crippen LogP contribution >= 0.6 is 11.6 Å². The average molecular weight is 323 g/mol. The van der Waals surface area contributed by atoms with Crippen LogP contribution < -0.4 is 4.74 Å². The molecule has 0 aliphatic heterocycles. The second-order valence-corrected chi connectivity index (χ2v) is 5.33. The highest BCUT2D eigenvalue weighted by Crippen LogP contribution is 2.28. The Kier molecular flexibility index (Phi) is 4.51. The molecule has 22 heavy (non-hydrogen) atoms. The first kappa shape index (κ1) is 16.0. The van der Waals surface area contributed by atoms with Crippen molar-refractivity contribution in [1.29, 1.82) is 0 Å². The van der Waals surface area contributed by atoms with Gasteiger partial charge in [0, 0.05) is 36.1 Å². The number of benzene rings is 1. The molecule has 0 saturated carbocycles. The topological polar surface area (TPSA) is 74.4 Å². The van der Waals surface area contributed by atoms with Gasteiger partial charge in [-0.1, -0.05) is 11.6 Å². The summed E-state index contributed by atoms with van der Waals surface area (Å²) in [6, 6.07) is 5.66. The number of hydrogen-bond donors (Lipinski definition) is 0. The molecule has 0 unspecified atom stereocenters. The molecule has 0 bridgehead atoms. The third kappa shape index (κ3) is 3.12. The number of halogens is 1. The Balaban J connectivity index is 2.11. The van der Waals surface area contributed by atoms with Crippen molar-refractivity contribution >= 4 is 23.1 Å². The van der Waals surface area contributed by atoms with Crippen molar-refractivity contribution in [3.05, 3.63) is 56.4 Å². The van der Waals surface area contributed by atoms with Gasteiger partial charge in [-0.05, 0) is 26.0 Å². The van der Waals surface area contributed by atoms with Gasteiger partial charge in [-0.25, -0.2) is 0 Å². The third-order valence-corrected chi connectivity index (χ3v) is 3.86. The second-order valence-electron chi connectivity index (χ2n) is 4.93. The molecule has 0 radical (unpaired) electrons. The molecule has 1 aromatic heterocycles. The number of carbonyl (C=O) groups is 1. The highest BCUT2D eigenvalue weighted by molar-refractivity contribution is 6.32. The summed E-state index contributed by atoms with van der Waals surface area (Å²) < 4.78 is 7.30. The monoisotopic (exact) mass is 322 g/mol. The normalized spacial score (nSPS) is 10.5. The van der Waals surface area contributed by atoms with Crippen LogP contribution in [-0.2, 0) is 7.05 Å². The van der Waals surface area contributed by atoms with Gasteiger partial charge in [0.25, 0.3) is 5.69 Å². The summed E-state index contributed by atoms with van der Waals surface area (Å²) >= 11 is 5.92. The van der Waals surface area contributed by atoms with Crippen LogP contribution in [0.2, 0.25) is 5.02 Å². The van der Waals surface area contributed by atoms with E-state index in [1.165, 1.54) is 18.2 Å². The van der Waals surface area contributed by atoms with E-state index in [2.05, 4.69) is 0 Å². The first-order chi connectivity index (χ1) is 10.3. The number of non-ortho nitro benzene ring substituents is 1. The quantitative estimate of drug-likeness (QED) is 0.480. The van der Waals surface area contributed by atoms with Gasteiger partial charge in [0.2, 0.25) is 5.78 Å². The Bertz CT molecular complexity index is 752. The van der Waals surface area contributed by atoms with Crippen LogP contribution in [0.25, 0.3) is 0 Å². The molecule has 0 aliphatic carbocycles. The largest absolute Gasteiger partial charge is 0.484 e. The molecular weight excluding hydrogens is 308 g/mol. The first-order valence-corrected chi connectivity index (χ1v) is 6.92. The zero-order chi connectivity index (χ0) is 16.4. The zero-order valence-corrected chi connectivity index (χ0v) is 13.2. The number of rotatable bonds is 5. The molecule has 2 rings (SSSR count). The summed E-state index contributed by atoms with van der Waals surface area (Å²) in [4.78, 5) is 22.3. The van der Waals surface area contributed by atoms with Crippen LogP contribution in [0, 0.1) is 24.0 Å². The van der Waals surface area contributed by atoms with Crippen molar-refractivity contribution in [2.45, 2.75) is 13.8 Å². The fourth-order valence-corrected chi connectivity index (χ4v) is 2.31. The summed E-state index contributed by atoms with van der Waals surface area (Å²) in [5.74, 6) is 0.0709.